The lowest BCUT2D eigenvalue weighted by atomic mass is 10.1. The van der Waals surface area contributed by atoms with Crippen molar-refractivity contribution in [3.63, 3.8) is 0 Å². The molecule has 0 radical (unpaired) electrons. The highest BCUT2D eigenvalue weighted by Gasteiger charge is 2.23. The second kappa shape index (κ2) is 14.3. The van der Waals surface area contributed by atoms with E-state index in [-0.39, 0.29) is 11.8 Å². The molecule has 0 atom stereocenters. The fourth-order valence-electron chi connectivity index (χ4n) is 5.03. The number of carbonyl (C=O) groups excluding carboxylic acids is 3. The number of hydrogen-bond acceptors (Lipinski definition) is 4. The minimum atomic E-state index is -0.420. The van der Waals surface area contributed by atoms with E-state index in [0.717, 1.165) is 23.3 Å². The van der Waals surface area contributed by atoms with Gasteiger partial charge in [-0.3, -0.25) is 9.59 Å². The van der Waals surface area contributed by atoms with Crippen LogP contribution in [0, 0.1) is 0 Å². The molecule has 1 aliphatic heterocycles. The van der Waals surface area contributed by atoms with Gasteiger partial charge in [-0.2, -0.15) is 0 Å². The van der Waals surface area contributed by atoms with Gasteiger partial charge in [-0.15, -0.1) is 0 Å². The number of rotatable bonds is 7. The third-order valence-electron chi connectivity index (χ3n) is 7.23. The van der Waals surface area contributed by atoms with Crippen molar-refractivity contribution in [3.05, 3.63) is 102 Å². The summed E-state index contributed by atoms with van der Waals surface area (Å²) in [5, 5.41) is 1.17. The van der Waals surface area contributed by atoms with E-state index in [0.29, 0.717) is 44.7 Å². The number of carbonyl (C=O) groups is 3. The van der Waals surface area contributed by atoms with Crippen LogP contribution in [-0.4, -0.2) is 77.8 Å². The quantitative estimate of drug-likeness (QED) is 0.337. The van der Waals surface area contributed by atoms with E-state index in [2.05, 4.69) is 34.1 Å². The molecule has 4 aromatic rings. The van der Waals surface area contributed by atoms with Gasteiger partial charge in [-0.25, -0.2) is 4.79 Å². The van der Waals surface area contributed by atoms with Gasteiger partial charge in [0.15, 0.2) is 0 Å². The van der Waals surface area contributed by atoms with Crippen LogP contribution in [0.15, 0.2) is 85.1 Å². The van der Waals surface area contributed by atoms with Crippen LogP contribution in [0.5, 0.6) is 0 Å². The number of piperazine rings is 1. The van der Waals surface area contributed by atoms with Gasteiger partial charge in [0.25, 0.3) is 5.91 Å². The molecule has 1 fully saturated rings. The van der Waals surface area contributed by atoms with Crippen LogP contribution in [0.3, 0.4) is 0 Å². The molecule has 0 unspecified atom stereocenters. The van der Waals surface area contributed by atoms with Gasteiger partial charge in [0.05, 0.1) is 6.54 Å². The Bertz CT molecular complexity index is 1490. The standard InChI is InChI=1S/C21H25N3O.C12H15N3O2/c1-4-21(25)24(18-9-7-8-16(12-18)14-23(2)3)15-17-13-22-20-11-6-5-10-19(17)20;13-12(17)15-8-6-14(7-9-15)11(16)10-4-2-1-3-5-10/h5-13,22H,4,14-15H2,1-3H3;1-5H,6-9H2,(H2,13,17). The van der Waals surface area contributed by atoms with Crippen LogP contribution in [0.4, 0.5) is 10.5 Å². The maximum Gasteiger partial charge on any atom is 0.314 e. The number of amides is 4. The third-order valence-corrected chi connectivity index (χ3v) is 7.23. The lowest BCUT2D eigenvalue weighted by Crippen LogP contribution is -2.52. The summed E-state index contributed by atoms with van der Waals surface area (Å²) in [5.41, 5.74) is 10.3. The normalized spacial score (nSPS) is 13.0. The van der Waals surface area contributed by atoms with Crippen molar-refractivity contribution in [2.24, 2.45) is 5.73 Å². The molecule has 0 saturated carbocycles. The molecule has 9 nitrogen and oxygen atoms in total. The molecule has 3 N–H and O–H groups in total. The van der Waals surface area contributed by atoms with Crippen LogP contribution in [0.25, 0.3) is 10.9 Å². The largest absolute Gasteiger partial charge is 0.361 e. The summed E-state index contributed by atoms with van der Waals surface area (Å²) in [6.07, 6.45) is 2.49. The van der Waals surface area contributed by atoms with E-state index in [1.165, 1.54) is 10.9 Å². The van der Waals surface area contributed by atoms with Crippen molar-refractivity contribution in [1.82, 2.24) is 19.7 Å². The number of nitrogens with one attached hydrogen (secondary N) is 1. The first-order valence-corrected chi connectivity index (χ1v) is 14.2. The Hall–Kier alpha value is -4.63. The van der Waals surface area contributed by atoms with Crippen LogP contribution < -0.4 is 10.6 Å². The highest BCUT2D eigenvalue weighted by atomic mass is 16.2. The molecule has 220 valence electrons. The predicted octanol–water partition coefficient (Wildman–Crippen LogP) is 4.70. The summed E-state index contributed by atoms with van der Waals surface area (Å²) >= 11 is 0. The highest BCUT2D eigenvalue weighted by molar-refractivity contribution is 5.95. The number of hydrogen-bond donors (Lipinski definition) is 2. The number of nitrogens with two attached hydrogens (primary N) is 1. The Morgan fingerprint density at radius 1 is 0.833 bits per heavy atom. The number of fused-ring (bicyclic) bond motifs is 1. The minimum Gasteiger partial charge on any atom is -0.361 e. The molecule has 1 aromatic heterocycles. The fraction of sp³-hybridized carbons (Fsp3) is 0.303. The number of urea groups is 1. The third kappa shape index (κ3) is 7.76. The second-order valence-electron chi connectivity index (χ2n) is 10.6. The number of benzene rings is 3. The summed E-state index contributed by atoms with van der Waals surface area (Å²) in [4.78, 5) is 46.2. The van der Waals surface area contributed by atoms with Crippen molar-refractivity contribution >= 4 is 34.4 Å². The number of anilines is 1. The fourth-order valence-corrected chi connectivity index (χ4v) is 5.03. The average molecular weight is 569 g/mol. The van der Waals surface area contributed by atoms with E-state index in [1.54, 1.807) is 21.9 Å². The summed E-state index contributed by atoms with van der Waals surface area (Å²) in [6.45, 7) is 5.43. The molecular formula is C33H40N6O3. The van der Waals surface area contributed by atoms with Crippen molar-refractivity contribution in [3.8, 4) is 0 Å². The molecule has 1 saturated heterocycles. The smallest absolute Gasteiger partial charge is 0.314 e. The number of primary amides is 1. The van der Waals surface area contributed by atoms with Gasteiger partial charge in [-0.1, -0.05) is 55.5 Å². The molecule has 2 heterocycles. The topological polar surface area (TPSA) is 106 Å². The number of nitrogens with zero attached hydrogens (tertiary/aromatic N) is 4. The SMILES string of the molecule is CCC(=O)N(Cc1c[nH]c2ccccc12)c1cccc(CN(C)C)c1.NC(=O)N1CCN(C(=O)c2ccccc2)CC1. The highest BCUT2D eigenvalue weighted by Crippen LogP contribution is 2.24. The Balaban J connectivity index is 0.000000208. The summed E-state index contributed by atoms with van der Waals surface area (Å²) in [5.74, 6) is 0.141. The molecule has 5 rings (SSSR count). The lowest BCUT2D eigenvalue weighted by Gasteiger charge is -2.33. The van der Waals surface area contributed by atoms with Crippen LogP contribution in [0.1, 0.15) is 34.8 Å². The molecule has 3 aromatic carbocycles. The molecular weight excluding hydrogens is 528 g/mol. The Morgan fingerprint density at radius 2 is 1.50 bits per heavy atom. The van der Waals surface area contributed by atoms with Crippen LogP contribution in [-0.2, 0) is 17.9 Å². The zero-order chi connectivity index (χ0) is 30.1. The van der Waals surface area contributed by atoms with Gasteiger partial charge < -0.3 is 30.3 Å². The van der Waals surface area contributed by atoms with E-state index in [1.807, 2.05) is 74.6 Å². The van der Waals surface area contributed by atoms with E-state index >= 15 is 0 Å². The van der Waals surface area contributed by atoms with Gasteiger partial charge in [0.2, 0.25) is 5.91 Å². The molecule has 4 amide bonds. The monoisotopic (exact) mass is 568 g/mol. The van der Waals surface area contributed by atoms with Crippen LogP contribution >= 0.6 is 0 Å². The van der Waals surface area contributed by atoms with E-state index in [9.17, 15) is 14.4 Å². The van der Waals surface area contributed by atoms with Crippen molar-refractivity contribution < 1.29 is 14.4 Å². The van der Waals surface area contributed by atoms with Gasteiger partial charge >= 0.3 is 6.03 Å². The molecule has 0 aliphatic carbocycles. The average Bonchev–Trinajstić information content (AvgIpc) is 3.42. The second-order valence-corrected chi connectivity index (χ2v) is 10.6. The van der Waals surface area contributed by atoms with Gasteiger partial charge in [0.1, 0.15) is 0 Å². The van der Waals surface area contributed by atoms with Crippen molar-refractivity contribution in [2.45, 2.75) is 26.4 Å². The zero-order valence-corrected chi connectivity index (χ0v) is 24.6. The summed E-state index contributed by atoms with van der Waals surface area (Å²) < 4.78 is 0. The lowest BCUT2D eigenvalue weighted by molar-refractivity contribution is -0.118. The first-order chi connectivity index (χ1) is 20.3. The van der Waals surface area contributed by atoms with Crippen LogP contribution in [0.2, 0.25) is 0 Å². The number of aromatic amines is 1. The van der Waals surface area contributed by atoms with E-state index in [4.69, 9.17) is 5.73 Å². The Kier molecular flexibility index (Phi) is 10.3. The number of H-pyrrole nitrogens is 1. The Morgan fingerprint density at radius 3 is 2.17 bits per heavy atom. The van der Waals surface area contributed by atoms with Crippen molar-refractivity contribution in [2.75, 3.05) is 45.2 Å². The summed E-state index contributed by atoms with van der Waals surface area (Å²) in [6, 6.07) is 25.2. The molecule has 0 bridgehead atoms. The minimum absolute atomic E-state index is 0.00900. The van der Waals surface area contributed by atoms with Crippen molar-refractivity contribution in [1.29, 1.82) is 0 Å². The van der Waals surface area contributed by atoms with Gasteiger partial charge in [0, 0.05) is 67.5 Å². The van der Waals surface area contributed by atoms with E-state index < -0.39 is 6.03 Å². The molecule has 9 heteroatoms. The Labute approximate surface area is 247 Å². The maximum absolute atomic E-state index is 12.6. The number of para-hydroxylation sites is 1. The number of aromatic nitrogens is 1. The van der Waals surface area contributed by atoms with Gasteiger partial charge in [-0.05, 0) is 55.6 Å². The molecule has 42 heavy (non-hydrogen) atoms. The molecule has 1 aliphatic rings. The zero-order valence-electron chi connectivity index (χ0n) is 24.6. The first-order valence-electron chi connectivity index (χ1n) is 14.2. The maximum atomic E-state index is 12.6. The molecule has 0 spiro atoms. The first kappa shape index (κ1) is 30.3. The summed E-state index contributed by atoms with van der Waals surface area (Å²) in [7, 11) is 4.10. The predicted molar refractivity (Wildman–Crippen MR) is 167 cm³/mol.